The van der Waals surface area contributed by atoms with E-state index in [2.05, 4.69) is 5.32 Å². The molecule has 2 aliphatic rings. The van der Waals surface area contributed by atoms with Crippen molar-refractivity contribution in [2.45, 2.75) is 32.2 Å². The van der Waals surface area contributed by atoms with Crippen LogP contribution in [-0.2, 0) is 6.54 Å². The molecule has 3 heteroatoms. The number of nitrogens with two attached hydrogens (primary N) is 1. The summed E-state index contributed by atoms with van der Waals surface area (Å²) < 4.78 is 0. The molecule has 3 N–H and O–H groups in total. The van der Waals surface area contributed by atoms with Crippen molar-refractivity contribution < 1.29 is 4.79 Å². The molecule has 0 spiro atoms. The minimum absolute atomic E-state index is 0.351. The third-order valence-corrected chi connectivity index (χ3v) is 4.38. The fourth-order valence-electron chi connectivity index (χ4n) is 2.98. The van der Waals surface area contributed by atoms with Crippen LogP contribution in [0.15, 0.2) is 24.3 Å². The number of carbonyl (C=O) groups excluding carboxylic acids is 1. The predicted molar refractivity (Wildman–Crippen MR) is 75.6 cm³/mol. The minimum Gasteiger partial charge on any atom is -0.366 e. The number of hydrogen-bond donors (Lipinski definition) is 2. The molecule has 0 bridgehead atoms. The highest BCUT2D eigenvalue weighted by Crippen LogP contribution is 2.48. The van der Waals surface area contributed by atoms with E-state index in [1.165, 1.54) is 25.7 Å². The van der Waals surface area contributed by atoms with E-state index in [1.807, 2.05) is 18.2 Å². The smallest absolute Gasteiger partial charge is 0.248 e. The molecule has 3 nitrogen and oxygen atoms in total. The van der Waals surface area contributed by atoms with Gasteiger partial charge in [-0.3, -0.25) is 4.79 Å². The van der Waals surface area contributed by atoms with Gasteiger partial charge in [-0.2, -0.15) is 0 Å². The lowest BCUT2D eigenvalue weighted by Crippen LogP contribution is -2.25. The molecular formula is C16H22N2O. The first-order valence-electron chi connectivity index (χ1n) is 7.33. The van der Waals surface area contributed by atoms with Gasteiger partial charge < -0.3 is 11.1 Å². The summed E-state index contributed by atoms with van der Waals surface area (Å²) in [7, 11) is 0. The summed E-state index contributed by atoms with van der Waals surface area (Å²) in [5.41, 5.74) is 7.03. The Kier molecular flexibility index (Phi) is 3.56. The number of nitrogens with one attached hydrogen (secondary N) is 1. The van der Waals surface area contributed by atoms with Gasteiger partial charge in [-0.05, 0) is 67.7 Å². The van der Waals surface area contributed by atoms with Gasteiger partial charge in [-0.15, -0.1) is 0 Å². The average molecular weight is 258 g/mol. The molecule has 0 radical (unpaired) electrons. The van der Waals surface area contributed by atoms with E-state index in [1.54, 1.807) is 6.07 Å². The molecule has 1 amide bonds. The number of amides is 1. The largest absolute Gasteiger partial charge is 0.366 e. The summed E-state index contributed by atoms with van der Waals surface area (Å²) in [6.45, 7) is 1.95. The summed E-state index contributed by atoms with van der Waals surface area (Å²) in [6, 6.07) is 7.60. The molecule has 1 aromatic carbocycles. The van der Waals surface area contributed by atoms with E-state index in [0.717, 1.165) is 36.4 Å². The van der Waals surface area contributed by atoms with Crippen LogP contribution in [0, 0.1) is 17.8 Å². The maximum Gasteiger partial charge on any atom is 0.248 e. The molecule has 3 rings (SSSR count). The molecule has 102 valence electrons. The summed E-state index contributed by atoms with van der Waals surface area (Å²) >= 11 is 0. The lowest BCUT2D eigenvalue weighted by Gasteiger charge is -2.16. The van der Waals surface area contributed by atoms with Crippen LogP contribution < -0.4 is 11.1 Å². The van der Waals surface area contributed by atoms with Crippen LogP contribution >= 0.6 is 0 Å². The lowest BCUT2D eigenvalue weighted by molar-refractivity contribution is 0.1000. The Morgan fingerprint density at radius 1 is 1.26 bits per heavy atom. The van der Waals surface area contributed by atoms with Crippen LogP contribution in [0.4, 0.5) is 0 Å². The van der Waals surface area contributed by atoms with Crippen LogP contribution in [-0.4, -0.2) is 12.5 Å². The number of carbonyl (C=O) groups is 1. The van der Waals surface area contributed by atoms with Gasteiger partial charge in [0.25, 0.3) is 0 Å². The molecular weight excluding hydrogens is 236 g/mol. The highest BCUT2D eigenvalue weighted by atomic mass is 16.1. The van der Waals surface area contributed by atoms with Crippen molar-refractivity contribution in [2.75, 3.05) is 6.54 Å². The lowest BCUT2D eigenvalue weighted by atomic mass is 9.98. The quantitative estimate of drug-likeness (QED) is 0.788. The SMILES string of the molecule is NC(=O)c1cccc(CNCC(C2CC2)C2CC2)c1. The van der Waals surface area contributed by atoms with Gasteiger partial charge in [0.15, 0.2) is 0 Å². The standard InChI is InChI=1S/C16H22N2O/c17-16(19)14-3-1-2-11(8-14)9-18-10-15(12-4-5-12)13-6-7-13/h1-3,8,12-13,15,18H,4-7,9-10H2,(H2,17,19). The number of primary amides is 1. The molecule has 0 atom stereocenters. The second-order valence-electron chi connectivity index (χ2n) is 6.03. The fourth-order valence-corrected chi connectivity index (χ4v) is 2.98. The number of benzene rings is 1. The second kappa shape index (κ2) is 5.33. The van der Waals surface area contributed by atoms with Crippen molar-refractivity contribution in [3.8, 4) is 0 Å². The molecule has 19 heavy (non-hydrogen) atoms. The summed E-state index contributed by atoms with van der Waals surface area (Å²) in [5.74, 6) is 2.50. The van der Waals surface area contributed by atoms with Crippen molar-refractivity contribution in [1.29, 1.82) is 0 Å². The topological polar surface area (TPSA) is 55.1 Å². The first kappa shape index (κ1) is 12.7. The van der Waals surface area contributed by atoms with E-state index in [4.69, 9.17) is 5.73 Å². The molecule has 2 aliphatic carbocycles. The summed E-state index contributed by atoms with van der Waals surface area (Å²) in [4.78, 5) is 11.1. The number of rotatable bonds is 7. The van der Waals surface area contributed by atoms with Gasteiger partial charge in [-0.1, -0.05) is 12.1 Å². The molecule has 0 saturated heterocycles. The molecule has 0 unspecified atom stereocenters. The highest BCUT2D eigenvalue weighted by Gasteiger charge is 2.40. The van der Waals surface area contributed by atoms with Crippen molar-refractivity contribution in [1.82, 2.24) is 5.32 Å². The van der Waals surface area contributed by atoms with Crippen molar-refractivity contribution >= 4 is 5.91 Å². The average Bonchev–Trinajstić information content (AvgIpc) is 3.28. The van der Waals surface area contributed by atoms with Gasteiger partial charge in [0.1, 0.15) is 0 Å². The van der Waals surface area contributed by atoms with E-state index in [0.29, 0.717) is 5.56 Å². The Labute approximate surface area is 114 Å². The zero-order valence-corrected chi connectivity index (χ0v) is 11.3. The van der Waals surface area contributed by atoms with Crippen LogP contribution in [0.3, 0.4) is 0 Å². The molecule has 0 aromatic heterocycles. The van der Waals surface area contributed by atoms with Crippen LogP contribution in [0.5, 0.6) is 0 Å². The van der Waals surface area contributed by atoms with Crippen LogP contribution in [0.1, 0.15) is 41.6 Å². The van der Waals surface area contributed by atoms with Gasteiger partial charge in [0, 0.05) is 12.1 Å². The van der Waals surface area contributed by atoms with E-state index < -0.39 is 0 Å². The molecule has 0 heterocycles. The van der Waals surface area contributed by atoms with Gasteiger partial charge >= 0.3 is 0 Å². The Morgan fingerprint density at radius 2 is 1.95 bits per heavy atom. The van der Waals surface area contributed by atoms with Crippen molar-refractivity contribution in [2.24, 2.45) is 23.5 Å². The van der Waals surface area contributed by atoms with Gasteiger partial charge in [0.05, 0.1) is 0 Å². The van der Waals surface area contributed by atoms with Gasteiger partial charge in [-0.25, -0.2) is 0 Å². The maximum absolute atomic E-state index is 11.1. The monoisotopic (exact) mass is 258 g/mol. The molecule has 0 aliphatic heterocycles. The third kappa shape index (κ3) is 3.35. The number of hydrogen-bond acceptors (Lipinski definition) is 2. The van der Waals surface area contributed by atoms with Crippen LogP contribution in [0.25, 0.3) is 0 Å². The predicted octanol–water partition coefficient (Wildman–Crippen LogP) is 2.31. The first-order valence-corrected chi connectivity index (χ1v) is 7.33. The molecule has 1 aromatic rings. The van der Waals surface area contributed by atoms with E-state index >= 15 is 0 Å². The third-order valence-electron chi connectivity index (χ3n) is 4.38. The van der Waals surface area contributed by atoms with Gasteiger partial charge in [0.2, 0.25) is 5.91 Å². The van der Waals surface area contributed by atoms with E-state index in [9.17, 15) is 4.79 Å². The zero-order valence-electron chi connectivity index (χ0n) is 11.3. The Morgan fingerprint density at radius 3 is 2.53 bits per heavy atom. The van der Waals surface area contributed by atoms with E-state index in [-0.39, 0.29) is 5.91 Å². The van der Waals surface area contributed by atoms with Crippen molar-refractivity contribution in [3.63, 3.8) is 0 Å². The molecule has 2 fully saturated rings. The maximum atomic E-state index is 11.1. The summed E-state index contributed by atoms with van der Waals surface area (Å²) in [5, 5.41) is 3.56. The molecule has 2 saturated carbocycles. The Balaban J connectivity index is 1.51. The second-order valence-corrected chi connectivity index (χ2v) is 6.03. The zero-order chi connectivity index (χ0) is 13.2. The fraction of sp³-hybridized carbons (Fsp3) is 0.562. The highest BCUT2D eigenvalue weighted by molar-refractivity contribution is 5.92. The first-order chi connectivity index (χ1) is 9.24. The Bertz CT molecular complexity index is 452. The summed E-state index contributed by atoms with van der Waals surface area (Å²) in [6.07, 6.45) is 5.72. The van der Waals surface area contributed by atoms with Crippen LogP contribution in [0.2, 0.25) is 0 Å². The van der Waals surface area contributed by atoms with Crippen molar-refractivity contribution in [3.05, 3.63) is 35.4 Å². The normalized spacial score (nSPS) is 18.8. The Hall–Kier alpha value is -1.35. The minimum atomic E-state index is -0.351.